The average molecular weight is 208 g/mol. The highest BCUT2D eigenvalue weighted by molar-refractivity contribution is 5.34. The second-order valence-corrected chi connectivity index (χ2v) is 4.18. The van der Waals surface area contributed by atoms with Gasteiger partial charge in [-0.3, -0.25) is 0 Å². The molecule has 1 aliphatic rings. The number of hydrogen-bond donors (Lipinski definition) is 1. The molecule has 0 aromatic carbocycles. The van der Waals surface area contributed by atoms with E-state index >= 15 is 0 Å². The first-order valence-electron chi connectivity index (χ1n) is 5.74. The van der Waals surface area contributed by atoms with Crippen LogP contribution < -0.4 is 5.32 Å². The molecule has 0 amide bonds. The Balaban J connectivity index is 1.95. The number of halogens is 1. The highest BCUT2D eigenvalue weighted by atomic mass is 19.1. The van der Waals surface area contributed by atoms with Gasteiger partial charge in [0, 0.05) is 6.04 Å². The SMILES string of the molecule is Fc1cccc(NC2CCCCCC2)n1. The maximum Gasteiger partial charge on any atom is 0.214 e. The molecule has 0 radical (unpaired) electrons. The van der Waals surface area contributed by atoms with Crippen molar-refractivity contribution >= 4 is 5.82 Å². The Morgan fingerprint density at radius 3 is 2.53 bits per heavy atom. The summed E-state index contributed by atoms with van der Waals surface area (Å²) < 4.78 is 12.9. The van der Waals surface area contributed by atoms with Crippen molar-refractivity contribution < 1.29 is 4.39 Å². The fraction of sp³-hybridized carbons (Fsp3) is 0.583. The summed E-state index contributed by atoms with van der Waals surface area (Å²) in [6, 6.07) is 5.37. The van der Waals surface area contributed by atoms with Crippen molar-refractivity contribution in [2.75, 3.05) is 5.32 Å². The van der Waals surface area contributed by atoms with Crippen LogP contribution in [-0.4, -0.2) is 11.0 Å². The lowest BCUT2D eigenvalue weighted by atomic mass is 10.1. The average Bonchev–Trinajstić information content (AvgIpc) is 2.46. The largest absolute Gasteiger partial charge is 0.367 e. The van der Waals surface area contributed by atoms with Crippen LogP contribution in [0.25, 0.3) is 0 Å². The van der Waals surface area contributed by atoms with E-state index in [4.69, 9.17) is 0 Å². The van der Waals surface area contributed by atoms with Crippen molar-refractivity contribution in [3.8, 4) is 0 Å². The molecule has 1 fully saturated rings. The van der Waals surface area contributed by atoms with Crippen molar-refractivity contribution in [2.24, 2.45) is 0 Å². The van der Waals surface area contributed by atoms with Crippen LogP contribution in [0.3, 0.4) is 0 Å². The maximum atomic E-state index is 12.9. The third-order valence-corrected chi connectivity index (χ3v) is 2.92. The van der Waals surface area contributed by atoms with Gasteiger partial charge in [-0.2, -0.15) is 4.39 Å². The van der Waals surface area contributed by atoms with E-state index in [0.717, 1.165) is 0 Å². The van der Waals surface area contributed by atoms with Crippen LogP contribution in [0.15, 0.2) is 18.2 Å². The summed E-state index contributed by atoms with van der Waals surface area (Å²) in [5.74, 6) is 0.260. The Morgan fingerprint density at radius 1 is 1.13 bits per heavy atom. The molecule has 15 heavy (non-hydrogen) atoms. The monoisotopic (exact) mass is 208 g/mol. The van der Waals surface area contributed by atoms with Crippen molar-refractivity contribution in [1.29, 1.82) is 0 Å². The zero-order chi connectivity index (χ0) is 10.5. The number of nitrogens with one attached hydrogen (secondary N) is 1. The highest BCUT2D eigenvalue weighted by Gasteiger charge is 2.12. The van der Waals surface area contributed by atoms with Gasteiger partial charge in [0.1, 0.15) is 5.82 Å². The van der Waals surface area contributed by atoms with E-state index in [1.807, 2.05) is 6.07 Å². The number of hydrogen-bond acceptors (Lipinski definition) is 2. The van der Waals surface area contributed by atoms with Crippen LogP contribution in [0.4, 0.5) is 10.2 Å². The van der Waals surface area contributed by atoms with E-state index in [1.165, 1.54) is 44.6 Å². The minimum Gasteiger partial charge on any atom is -0.367 e. The third-order valence-electron chi connectivity index (χ3n) is 2.92. The van der Waals surface area contributed by atoms with Crippen LogP contribution in [-0.2, 0) is 0 Å². The molecule has 1 aromatic rings. The molecule has 82 valence electrons. The molecule has 2 rings (SSSR count). The predicted molar refractivity (Wildman–Crippen MR) is 59.3 cm³/mol. The first-order chi connectivity index (χ1) is 7.34. The van der Waals surface area contributed by atoms with Gasteiger partial charge in [-0.1, -0.05) is 31.7 Å². The Hall–Kier alpha value is -1.12. The summed E-state index contributed by atoms with van der Waals surface area (Å²) in [5, 5.41) is 3.31. The molecule has 0 unspecified atom stereocenters. The van der Waals surface area contributed by atoms with E-state index in [-0.39, 0.29) is 0 Å². The molecule has 0 spiro atoms. The smallest absolute Gasteiger partial charge is 0.214 e. The fourth-order valence-corrected chi connectivity index (χ4v) is 2.12. The predicted octanol–water partition coefficient (Wildman–Crippen LogP) is 3.36. The standard InChI is InChI=1S/C12H17FN2/c13-11-8-5-9-12(15-11)14-10-6-3-1-2-4-7-10/h5,8-10H,1-4,6-7H2,(H,14,15). The molecule has 0 atom stereocenters. The van der Waals surface area contributed by atoms with Gasteiger partial charge in [0.2, 0.25) is 5.95 Å². The summed E-state index contributed by atoms with van der Waals surface area (Å²) in [7, 11) is 0. The minimum atomic E-state index is -0.409. The maximum absolute atomic E-state index is 12.9. The van der Waals surface area contributed by atoms with E-state index in [1.54, 1.807) is 6.07 Å². The van der Waals surface area contributed by atoms with E-state index in [2.05, 4.69) is 10.3 Å². The summed E-state index contributed by atoms with van der Waals surface area (Å²) in [6.07, 6.45) is 7.56. The molecule has 1 saturated carbocycles. The lowest BCUT2D eigenvalue weighted by Crippen LogP contribution is -2.19. The summed E-state index contributed by atoms with van der Waals surface area (Å²) >= 11 is 0. The van der Waals surface area contributed by atoms with Crippen LogP contribution >= 0.6 is 0 Å². The van der Waals surface area contributed by atoms with Gasteiger partial charge in [-0.25, -0.2) is 4.98 Å². The molecule has 1 aromatic heterocycles. The van der Waals surface area contributed by atoms with Crippen LogP contribution in [0.1, 0.15) is 38.5 Å². The van der Waals surface area contributed by atoms with Crippen LogP contribution in [0.5, 0.6) is 0 Å². The molecular weight excluding hydrogens is 191 g/mol. The van der Waals surface area contributed by atoms with E-state index in [9.17, 15) is 4.39 Å². The van der Waals surface area contributed by atoms with Gasteiger partial charge >= 0.3 is 0 Å². The van der Waals surface area contributed by atoms with Gasteiger partial charge in [-0.15, -0.1) is 0 Å². The first-order valence-corrected chi connectivity index (χ1v) is 5.74. The summed E-state index contributed by atoms with van der Waals surface area (Å²) in [5.41, 5.74) is 0. The lowest BCUT2D eigenvalue weighted by molar-refractivity contribution is 0.578. The Morgan fingerprint density at radius 2 is 1.87 bits per heavy atom. The number of rotatable bonds is 2. The van der Waals surface area contributed by atoms with Crippen molar-refractivity contribution in [3.05, 3.63) is 24.1 Å². The molecule has 1 N–H and O–H groups in total. The molecule has 1 heterocycles. The quantitative estimate of drug-likeness (QED) is 0.595. The van der Waals surface area contributed by atoms with E-state index < -0.39 is 5.95 Å². The number of nitrogens with zero attached hydrogens (tertiary/aromatic N) is 1. The molecule has 2 nitrogen and oxygen atoms in total. The zero-order valence-corrected chi connectivity index (χ0v) is 8.88. The Bertz CT molecular complexity index is 306. The lowest BCUT2D eigenvalue weighted by Gasteiger charge is -2.16. The van der Waals surface area contributed by atoms with Gasteiger partial charge < -0.3 is 5.32 Å². The van der Waals surface area contributed by atoms with Crippen molar-refractivity contribution in [1.82, 2.24) is 4.98 Å². The van der Waals surface area contributed by atoms with Gasteiger partial charge in [0.05, 0.1) is 0 Å². The fourth-order valence-electron chi connectivity index (χ4n) is 2.12. The van der Waals surface area contributed by atoms with Crippen LogP contribution in [0, 0.1) is 5.95 Å². The number of anilines is 1. The van der Waals surface area contributed by atoms with Gasteiger partial charge in [-0.05, 0) is 25.0 Å². The second-order valence-electron chi connectivity index (χ2n) is 4.18. The molecule has 0 bridgehead atoms. The summed E-state index contributed by atoms with van der Waals surface area (Å²) in [4.78, 5) is 3.82. The Labute approximate surface area is 89.9 Å². The van der Waals surface area contributed by atoms with Crippen LogP contribution in [0.2, 0.25) is 0 Å². The first kappa shape index (κ1) is 10.4. The van der Waals surface area contributed by atoms with Crippen molar-refractivity contribution in [3.63, 3.8) is 0 Å². The topological polar surface area (TPSA) is 24.9 Å². The third kappa shape index (κ3) is 3.18. The normalized spacial score (nSPS) is 18.5. The second kappa shape index (κ2) is 5.10. The molecule has 0 aliphatic heterocycles. The highest BCUT2D eigenvalue weighted by Crippen LogP contribution is 2.20. The molecule has 3 heteroatoms. The summed E-state index contributed by atoms with van der Waals surface area (Å²) in [6.45, 7) is 0. The Kier molecular flexibility index (Phi) is 3.54. The molecule has 0 saturated heterocycles. The van der Waals surface area contributed by atoms with Crippen molar-refractivity contribution in [2.45, 2.75) is 44.6 Å². The van der Waals surface area contributed by atoms with Gasteiger partial charge in [0.25, 0.3) is 0 Å². The molecular formula is C12H17FN2. The van der Waals surface area contributed by atoms with E-state index in [0.29, 0.717) is 11.9 Å². The minimum absolute atomic E-state index is 0.409. The number of pyridine rings is 1. The number of aromatic nitrogens is 1. The molecule has 1 aliphatic carbocycles. The zero-order valence-electron chi connectivity index (χ0n) is 8.88. The van der Waals surface area contributed by atoms with Gasteiger partial charge in [0.15, 0.2) is 0 Å².